The molecule has 1 aromatic heterocycles. The van der Waals surface area contributed by atoms with Gasteiger partial charge in [-0.15, -0.1) is 0 Å². The van der Waals surface area contributed by atoms with Crippen LogP contribution in [0.4, 0.5) is 13.2 Å². The fourth-order valence-electron chi connectivity index (χ4n) is 2.13. The van der Waals surface area contributed by atoms with E-state index >= 15 is 0 Å². The van der Waals surface area contributed by atoms with Crippen LogP contribution in [0.15, 0.2) is 30.5 Å². The molecule has 0 atom stereocenters. The van der Waals surface area contributed by atoms with Crippen molar-refractivity contribution < 1.29 is 18.0 Å². The van der Waals surface area contributed by atoms with E-state index in [4.69, 9.17) is 0 Å². The molecule has 0 aliphatic rings. The Kier molecular flexibility index (Phi) is 4.77. The number of carbonyl (C=O) groups is 1. The number of aromatic nitrogens is 2. The Hall–Kier alpha value is -2.31. The van der Waals surface area contributed by atoms with E-state index < -0.39 is 23.3 Å². The fourth-order valence-corrected chi connectivity index (χ4v) is 2.13. The highest BCUT2D eigenvalue weighted by molar-refractivity contribution is 5.95. The van der Waals surface area contributed by atoms with Gasteiger partial charge in [-0.05, 0) is 30.5 Å². The number of hydrogen-bond donors (Lipinski definition) is 1. The summed E-state index contributed by atoms with van der Waals surface area (Å²) in [6.45, 7) is 5.80. The zero-order chi connectivity index (χ0) is 17.2. The molecule has 1 N–H and O–H groups in total. The maximum atomic E-state index is 13.4. The Bertz CT molecular complexity index is 705. The monoisotopic (exact) mass is 325 g/mol. The average Bonchev–Trinajstić information content (AvgIpc) is 2.89. The number of amides is 1. The van der Waals surface area contributed by atoms with E-state index in [0.29, 0.717) is 6.54 Å². The van der Waals surface area contributed by atoms with Gasteiger partial charge in [0.2, 0.25) is 0 Å². The van der Waals surface area contributed by atoms with Gasteiger partial charge in [-0.2, -0.15) is 18.3 Å². The largest absolute Gasteiger partial charge is 0.434 e. The number of alkyl halides is 3. The van der Waals surface area contributed by atoms with Crippen LogP contribution in [0.3, 0.4) is 0 Å². The molecule has 0 aliphatic carbocycles. The van der Waals surface area contributed by atoms with Crippen LogP contribution < -0.4 is 5.32 Å². The minimum atomic E-state index is -4.69. The molecule has 0 unspecified atom stereocenters. The van der Waals surface area contributed by atoms with Crippen molar-refractivity contribution in [3.63, 3.8) is 0 Å². The van der Waals surface area contributed by atoms with Gasteiger partial charge in [0.15, 0.2) is 5.69 Å². The Morgan fingerprint density at radius 1 is 1.35 bits per heavy atom. The number of carbonyl (C=O) groups excluding carboxylic acids is 1. The lowest BCUT2D eigenvalue weighted by Crippen LogP contribution is -2.29. The van der Waals surface area contributed by atoms with Crippen LogP contribution in [-0.4, -0.2) is 22.2 Å². The summed E-state index contributed by atoms with van der Waals surface area (Å²) in [5, 5.41) is 6.27. The molecule has 0 radical (unpaired) electrons. The first-order valence-electron chi connectivity index (χ1n) is 7.20. The average molecular weight is 325 g/mol. The van der Waals surface area contributed by atoms with Crippen LogP contribution in [0, 0.1) is 12.8 Å². The fraction of sp³-hybridized carbons (Fsp3) is 0.375. The molecule has 2 aromatic rings. The van der Waals surface area contributed by atoms with Crippen molar-refractivity contribution in [3.8, 4) is 5.69 Å². The molecule has 124 valence electrons. The van der Waals surface area contributed by atoms with E-state index in [9.17, 15) is 18.0 Å². The van der Waals surface area contributed by atoms with E-state index in [-0.39, 0.29) is 11.6 Å². The molecular formula is C16H18F3N3O. The van der Waals surface area contributed by atoms with Crippen molar-refractivity contribution in [2.75, 3.05) is 6.54 Å². The molecule has 0 bridgehead atoms. The molecule has 0 spiro atoms. The van der Waals surface area contributed by atoms with Crippen LogP contribution >= 0.6 is 0 Å². The molecule has 1 heterocycles. The lowest BCUT2D eigenvalue weighted by Gasteiger charge is -2.13. The maximum absolute atomic E-state index is 13.4. The zero-order valence-corrected chi connectivity index (χ0v) is 13.1. The second kappa shape index (κ2) is 6.44. The number of nitrogens with one attached hydrogen (secondary N) is 1. The van der Waals surface area contributed by atoms with E-state index in [1.807, 2.05) is 13.8 Å². The maximum Gasteiger partial charge on any atom is 0.434 e. The van der Waals surface area contributed by atoms with Crippen LogP contribution in [-0.2, 0) is 6.18 Å². The quantitative estimate of drug-likeness (QED) is 0.934. The Morgan fingerprint density at radius 3 is 2.61 bits per heavy atom. The number of halogens is 3. The Morgan fingerprint density at radius 2 is 2.04 bits per heavy atom. The lowest BCUT2D eigenvalue weighted by atomic mass is 10.2. The van der Waals surface area contributed by atoms with Crippen molar-refractivity contribution >= 4 is 5.91 Å². The van der Waals surface area contributed by atoms with Crippen molar-refractivity contribution in [1.82, 2.24) is 15.1 Å². The van der Waals surface area contributed by atoms with Crippen LogP contribution in [0.1, 0.15) is 35.5 Å². The predicted octanol–water partition coefficient (Wildman–Crippen LogP) is 3.59. The molecule has 7 heteroatoms. The summed E-state index contributed by atoms with van der Waals surface area (Å²) in [6.07, 6.45) is -3.73. The summed E-state index contributed by atoms with van der Waals surface area (Å²) in [5.41, 5.74) is -0.471. The van der Waals surface area contributed by atoms with Crippen molar-refractivity contribution in [2.45, 2.75) is 26.9 Å². The molecule has 4 nitrogen and oxygen atoms in total. The highest BCUT2D eigenvalue weighted by Crippen LogP contribution is 2.33. The first-order chi connectivity index (χ1) is 10.7. The van der Waals surface area contributed by atoms with E-state index in [1.165, 1.54) is 6.07 Å². The van der Waals surface area contributed by atoms with Crippen LogP contribution in [0.25, 0.3) is 5.69 Å². The molecule has 0 fully saturated rings. The van der Waals surface area contributed by atoms with Crippen LogP contribution in [0.2, 0.25) is 0 Å². The highest BCUT2D eigenvalue weighted by atomic mass is 19.4. The zero-order valence-electron chi connectivity index (χ0n) is 13.1. The van der Waals surface area contributed by atoms with Gasteiger partial charge in [0.05, 0.1) is 17.4 Å². The van der Waals surface area contributed by atoms with E-state index in [2.05, 4.69) is 10.4 Å². The smallest absolute Gasteiger partial charge is 0.352 e. The normalized spacial score (nSPS) is 11.8. The third-order valence-corrected chi connectivity index (χ3v) is 3.20. The Balaban J connectivity index is 2.48. The number of aryl methyl sites for hydroxylation is 1. The summed E-state index contributed by atoms with van der Waals surface area (Å²) in [5.74, 6) is -0.634. The molecule has 1 aromatic carbocycles. The van der Waals surface area contributed by atoms with Gasteiger partial charge in [-0.1, -0.05) is 26.0 Å². The van der Waals surface area contributed by atoms with Crippen LogP contribution in [0.5, 0.6) is 0 Å². The third kappa shape index (κ3) is 3.91. The Labute approximate surface area is 132 Å². The molecule has 0 saturated carbocycles. The molecule has 0 saturated heterocycles. The molecule has 2 rings (SSSR count). The second-order valence-electron chi connectivity index (χ2n) is 5.76. The second-order valence-corrected chi connectivity index (χ2v) is 5.76. The summed E-state index contributed by atoms with van der Waals surface area (Å²) >= 11 is 0. The van der Waals surface area contributed by atoms with Gasteiger partial charge in [0.1, 0.15) is 0 Å². The minimum Gasteiger partial charge on any atom is -0.352 e. The predicted molar refractivity (Wildman–Crippen MR) is 80.5 cm³/mol. The molecule has 23 heavy (non-hydrogen) atoms. The number of rotatable bonds is 4. The van der Waals surface area contributed by atoms with Gasteiger partial charge in [-0.25, -0.2) is 4.68 Å². The van der Waals surface area contributed by atoms with Crippen molar-refractivity contribution in [1.29, 1.82) is 0 Å². The first-order valence-corrected chi connectivity index (χ1v) is 7.20. The summed E-state index contributed by atoms with van der Waals surface area (Å²) in [6, 6.07) is 6.52. The minimum absolute atomic E-state index is 0.139. The highest BCUT2D eigenvalue weighted by Gasteiger charge is 2.40. The first kappa shape index (κ1) is 17.1. The summed E-state index contributed by atoms with van der Waals surface area (Å²) in [7, 11) is 0. The number of nitrogens with zero attached hydrogens (tertiary/aromatic N) is 2. The van der Waals surface area contributed by atoms with E-state index in [0.717, 1.165) is 16.4 Å². The third-order valence-electron chi connectivity index (χ3n) is 3.20. The van der Waals surface area contributed by atoms with E-state index in [1.54, 1.807) is 25.1 Å². The van der Waals surface area contributed by atoms with Gasteiger partial charge in [0, 0.05) is 6.54 Å². The van der Waals surface area contributed by atoms with Crippen molar-refractivity contribution in [2.24, 2.45) is 5.92 Å². The number of benzene rings is 1. The molecule has 0 aliphatic heterocycles. The summed E-state index contributed by atoms with van der Waals surface area (Å²) < 4.78 is 41.1. The topological polar surface area (TPSA) is 46.9 Å². The molecular weight excluding hydrogens is 307 g/mol. The van der Waals surface area contributed by atoms with Gasteiger partial charge in [-0.3, -0.25) is 4.79 Å². The van der Waals surface area contributed by atoms with Crippen molar-refractivity contribution in [3.05, 3.63) is 47.3 Å². The SMILES string of the molecule is Cc1cccc(-n2ncc(C(=O)NCC(C)C)c2C(F)(F)F)c1. The summed E-state index contributed by atoms with van der Waals surface area (Å²) in [4.78, 5) is 12.1. The van der Waals surface area contributed by atoms with Gasteiger partial charge in [0.25, 0.3) is 5.91 Å². The van der Waals surface area contributed by atoms with Gasteiger partial charge < -0.3 is 5.32 Å². The standard InChI is InChI=1S/C16H18F3N3O/c1-10(2)8-20-15(23)13-9-21-22(14(13)16(17,18)19)12-6-4-5-11(3)7-12/h4-7,9-10H,8H2,1-3H3,(H,20,23). The molecule has 1 amide bonds. The lowest BCUT2D eigenvalue weighted by molar-refractivity contribution is -0.143. The van der Waals surface area contributed by atoms with Gasteiger partial charge >= 0.3 is 6.18 Å². The number of hydrogen-bond acceptors (Lipinski definition) is 2.